The van der Waals surface area contributed by atoms with Crippen molar-refractivity contribution in [3.63, 3.8) is 0 Å². The first-order valence-corrected chi connectivity index (χ1v) is 10.0. The Bertz CT molecular complexity index is 816. The number of benzene rings is 1. The minimum absolute atomic E-state index is 0. The number of ether oxygens (including phenoxy) is 6. The maximum Gasteiger partial charge on any atom is 0.513 e. The Balaban J connectivity index is 0.0000102. The van der Waals surface area contributed by atoms with Crippen molar-refractivity contribution in [2.45, 2.75) is 59.3 Å². The van der Waals surface area contributed by atoms with E-state index in [9.17, 15) is 19.2 Å². The smallest absolute Gasteiger partial charge is 0.459 e. The summed E-state index contributed by atoms with van der Waals surface area (Å²) >= 11 is 0. The fourth-order valence-electron chi connectivity index (χ4n) is 2.38. The lowest BCUT2D eigenvalue weighted by molar-refractivity contribution is -0.164. The minimum Gasteiger partial charge on any atom is -0.459 e. The summed E-state index contributed by atoms with van der Waals surface area (Å²) in [6.45, 7) is 7.79. The lowest BCUT2D eigenvalue weighted by atomic mass is 10.1. The van der Waals surface area contributed by atoms with Crippen molar-refractivity contribution in [3.05, 3.63) is 23.8 Å². The highest BCUT2D eigenvalue weighted by Crippen LogP contribution is 2.30. The highest BCUT2D eigenvalue weighted by molar-refractivity contribution is 5.85. The summed E-state index contributed by atoms with van der Waals surface area (Å²) in [6.07, 6.45) is -3.32. The van der Waals surface area contributed by atoms with Crippen molar-refractivity contribution < 1.29 is 47.6 Å². The third-order valence-corrected chi connectivity index (χ3v) is 3.99. The molecule has 12 heteroatoms. The third kappa shape index (κ3) is 10.9. The van der Waals surface area contributed by atoms with E-state index < -0.39 is 42.5 Å². The van der Waals surface area contributed by atoms with Crippen LogP contribution in [0.15, 0.2) is 18.2 Å². The molecule has 0 bridgehead atoms. The summed E-state index contributed by atoms with van der Waals surface area (Å²) in [6, 6.07) is 3.22. The Kier molecular flexibility index (Phi) is 13.5. The topological polar surface area (TPSA) is 150 Å². The van der Waals surface area contributed by atoms with Crippen LogP contribution in [0.25, 0.3) is 0 Å². The molecule has 0 amide bonds. The average molecular weight is 492 g/mol. The van der Waals surface area contributed by atoms with Gasteiger partial charge in [0.05, 0.1) is 13.2 Å². The van der Waals surface area contributed by atoms with Crippen LogP contribution in [0.1, 0.15) is 40.2 Å². The molecular weight excluding hydrogens is 462 g/mol. The summed E-state index contributed by atoms with van der Waals surface area (Å²) in [7, 11) is 0. The van der Waals surface area contributed by atoms with Gasteiger partial charge >= 0.3 is 24.2 Å². The molecule has 0 aliphatic heterocycles. The van der Waals surface area contributed by atoms with E-state index >= 15 is 0 Å². The number of carbonyl (C=O) groups excluding carboxylic acids is 4. The number of esters is 2. The molecular formula is C21H30ClNO10. The SMILES string of the molecule is CCOC(=O)Oc1ccc(C[C@H](N)C(=O)O[C@H](C)C(C)OC(C)=O)cc1OC(=O)OCC.Cl. The Labute approximate surface area is 198 Å². The van der Waals surface area contributed by atoms with Gasteiger partial charge in [0.15, 0.2) is 11.5 Å². The molecule has 0 saturated carbocycles. The molecule has 0 aliphatic rings. The van der Waals surface area contributed by atoms with E-state index in [2.05, 4.69) is 0 Å². The Morgan fingerprint density at radius 1 is 0.879 bits per heavy atom. The molecule has 0 aromatic heterocycles. The normalized spacial score (nSPS) is 12.8. The standard InChI is InChI=1S/C21H29NO10.ClH/c1-6-27-20(25)31-17-9-8-15(11-18(17)32-21(26)28-7-2)10-16(22)19(24)30-13(4)12(3)29-14(5)23;/h8-9,11-13,16H,6-7,10,22H2,1-5H3;1H/t12?,13-,16+;/m1./s1. The second-order valence-electron chi connectivity index (χ2n) is 6.62. The van der Waals surface area contributed by atoms with Gasteiger partial charge in [0, 0.05) is 6.92 Å². The largest absolute Gasteiger partial charge is 0.513 e. The average Bonchev–Trinajstić information content (AvgIpc) is 2.69. The molecule has 0 spiro atoms. The van der Waals surface area contributed by atoms with Crippen molar-refractivity contribution in [2.24, 2.45) is 5.73 Å². The summed E-state index contributed by atoms with van der Waals surface area (Å²) in [5.74, 6) is -1.41. The van der Waals surface area contributed by atoms with Gasteiger partial charge in [-0.05, 0) is 51.8 Å². The summed E-state index contributed by atoms with van der Waals surface area (Å²) < 4.78 is 29.8. The molecule has 0 fully saturated rings. The van der Waals surface area contributed by atoms with Gasteiger partial charge in [0.2, 0.25) is 0 Å². The van der Waals surface area contributed by atoms with E-state index in [1.807, 2.05) is 0 Å². The number of nitrogens with two attached hydrogens (primary N) is 1. The van der Waals surface area contributed by atoms with Crippen LogP contribution in [0.4, 0.5) is 9.59 Å². The molecule has 0 aliphatic carbocycles. The van der Waals surface area contributed by atoms with Crippen molar-refractivity contribution in [1.29, 1.82) is 0 Å². The lowest BCUT2D eigenvalue weighted by Crippen LogP contribution is -2.39. The fraction of sp³-hybridized carbons (Fsp3) is 0.524. The molecule has 186 valence electrons. The van der Waals surface area contributed by atoms with Crippen LogP contribution < -0.4 is 15.2 Å². The molecule has 0 heterocycles. The van der Waals surface area contributed by atoms with E-state index in [1.165, 1.54) is 25.1 Å². The predicted octanol–water partition coefficient (Wildman–Crippen LogP) is 2.93. The van der Waals surface area contributed by atoms with Crippen LogP contribution in [0, 0.1) is 0 Å². The van der Waals surface area contributed by atoms with Crippen LogP contribution in [-0.2, 0) is 35.0 Å². The highest BCUT2D eigenvalue weighted by Gasteiger charge is 2.24. The maximum atomic E-state index is 12.3. The van der Waals surface area contributed by atoms with Crippen LogP contribution in [0.5, 0.6) is 11.5 Å². The van der Waals surface area contributed by atoms with E-state index in [-0.39, 0.29) is 43.5 Å². The van der Waals surface area contributed by atoms with Gasteiger partial charge in [0.1, 0.15) is 18.2 Å². The Morgan fingerprint density at radius 2 is 1.39 bits per heavy atom. The monoisotopic (exact) mass is 491 g/mol. The molecule has 0 radical (unpaired) electrons. The van der Waals surface area contributed by atoms with Crippen LogP contribution in [0.2, 0.25) is 0 Å². The molecule has 11 nitrogen and oxygen atoms in total. The van der Waals surface area contributed by atoms with Crippen LogP contribution in [0.3, 0.4) is 0 Å². The highest BCUT2D eigenvalue weighted by atomic mass is 35.5. The summed E-state index contributed by atoms with van der Waals surface area (Å²) in [5.41, 5.74) is 6.43. The Hall–Kier alpha value is -3.05. The van der Waals surface area contributed by atoms with Gasteiger partial charge in [-0.25, -0.2) is 9.59 Å². The Morgan fingerprint density at radius 3 is 1.91 bits per heavy atom. The second-order valence-corrected chi connectivity index (χ2v) is 6.62. The lowest BCUT2D eigenvalue weighted by Gasteiger charge is -2.22. The van der Waals surface area contributed by atoms with Gasteiger partial charge in [-0.2, -0.15) is 0 Å². The van der Waals surface area contributed by atoms with Crippen molar-refractivity contribution in [3.8, 4) is 11.5 Å². The number of hydrogen-bond donors (Lipinski definition) is 1. The van der Waals surface area contributed by atoms with Crippen molar-refractivity contribution in [1.82, 2.24) is 0 Å². The van der Waals surface area contributed by atoms with E-state index in [1.54, 1.807) is 27.7 Å². The molecule has 0 saturated heterocycles. The van der Waals surface area contributed by atoms with Crippen LogP contribution >= 0.6 is 12.4 Å². The number of rotatable bonds is 10. The second kappa shape index (κ2) is 14.9. The summed E-state index contributed by atoms with van der Waals surface area (Å²) in [5, 5.41) is 0. The molecule has 1 rings (SSSR count). The molecule has 2 N–H and O–H groups in total. The number of halogens is 1. The quantitative estimate of drug-likeness (QED) is 0.292. The number of carbonyl (C=O) groups is 4. The van der Waals surface area contributed by atoms with Gasteiger partial charge in [-0.3, -0.25) is 9.59 Å². The fourth-order valence-corrected chi connectivity index (χ4v) is 2.38. The zero-order valence-electron chi connectivity index (χ0n) is 19.2. The molecule has 1 aromatic carbocycles. The zero-order valence-corrected chi connectivity index (χ0v) is 20.0. The first kappa shape index (κ1) is 29.9. The maximum absolute atomic E-state index is 12.3. The van der Waals surface area contributed by atoms with Crippen molar-refractivity contribution >= 4 is 36.7 Å². The van der Waals surface area contributed by atoms with Crippen molar-refractivity contribution in [2.75, 3.05) is 13.2 Å². The van der Waals surface area contributed by atoms with Gasteiger partial charge in [-0.1, -0.05) is 6.07 Å². The molecule has 33 heavy (non-hydrogen) atoms. The number of hydrogen-bond acceptors (Lipinski definition) is 11. The van der Waals surface area contributed by atoms with E-state index in [0.717, 1.165) is 0 Å². The van der Waals surface area contributed by atoms with Gasteiger partial charge < -0.3 is 34.2 Å². The zero-order chi connectivity index (χ0) is 24.3. The van der Waals surface area contributed by atoms with Gasteiger partial charge in [-0.15, -0.1) is 12.4 Å². The summed E-state index contributed by atoms with van der Waals surface area (Å²) in [4.78, 5) is 46.7. The van der Waals surface area contributed by atoms with E-state index in [4.69, 9.17) is 34.2 Å². The van der Waals surface area contributed by atoms with E-state index in [0.29, 0.717) is 5.56 Å². The first-order chi connectivity index (χ1) is 15.1. The third-order valence-electron chi connectivity index (χ3n) is 3.99. The molecule has 3 atom stereocenters. The minimum atomic E-state index is -1.06. The molecule has 1 unspecified atom stereocenters. The first-order valence-electron chi connectivity index (χ1n) is 10.0. The van der Waals surface area contributed by atoms with Crippen LogP contribution in [-0.4, -0.2) is 55.7 Å². The molecule has 1 aromatic rings. The van der Waals surface area contributed by atoms with Gasteiger partial charge in [0.25, 0.3) is 0 Å². The predicted molar refractivity (Wildman–Crippen MR) is 117 cm³/mol.